The van der Waals surface area contributed by atoms with Gasteiger partial charge in [0, 0.05) is 15.4 Å². The molecule has 0 fully saturated rings. The van der Waals surface area contributed by atoms with Gasteiger partial charge in [-0.1, -0.05) is 83.6 Å². The molecule has 1 aliphatic rings. The Morgan fingerprint density at radius 1 is 0.700 bits per heavy atom. The van der Waals surface area contributed by atoms with E-state index >= 15 is 0 Å². The molecule has 0 spiro atoms. The number of carbonyl (C=O) groups is 1. The highest BCUT2D eigenvalue weighted by Crippen LogP contribution is 2.48. The smallest absolute Gasteiger partial charge is 0.262 e. The van der Waals surface area contributed by atoms with Crippen LogP contribution in [0.3, 0.4) is 0 Å². The van der Waals surface area contributed by atoms with E-state index in [1.54, 1.807) is 11.8 Å². The summed E-state index contributed by atoms with van der Waals surface area (Å²) in [6.07, 6.45) is 0. The number of benzene rings is 3. The van der Waals surface area contributed by atoms with Gasteiger partial charge >= 0.3 is 0 Å². The number of nitrogens with zero attached hydrogens (tertiary/aromatic N) is 1. The first-order chi connectivity index (χ1) is 14.1. The minimum Gasteiger partial charge on any atom is -0.275 e. The number of carbonyl (C=O) groups excluding carboxylic acids is 1. The summed E-state index contributed by atoms with van der Waals surface area (Å²) in [6.45, 7) is 13.2. The molecule has 0 N–H and O–H groups in total. The molecule has 1 aliphatic heterocycles. The van der Waals surface area contributed by atoms with Crippen molar-refractivity contribution in [3.8, 4) is 0 Å². The molecular weight excluding hydrogens is 386 g/mol. The fourth-order valence-electron chi connectivity index (χ4n) is 3.67. The second-order valence-corrected chi connectivity index (χ2v) is 11.1. The predicted octanol–water partition coefficient (Wildman–Crippen LogP) is 7.72. The molecule has 0 aliphatic carbocycles. The summed E-state index contributed by atoms with van der Waals surface area (Å²) in [5, 5.41) is 0. The highest BCUT2D eigenvalue weighted by Gasteiger charge is 2.30. The van der Waals surface area contributed by atoms with Crippen LogP contribution in [0.1, 0.15) is 63.0 Å². The lowest BCUT2D eigenvalue weighted by Crippen LogP contribution is -2.29. The van der Waals surface area contributed by atoms with Crippen LogP contribution in [0.15, 0.2) is 76.5 Å². The van der Waals surface area contributed by atoms with Crippen molar-refractivity contribution in [2.24, 2.45) is 0 Å². The van der Waals surface area contributed by atoms with Crippen LogP contribution in [0.5, 0.6) is 0 Å². The van der Waals surface area contributed by atoms with E-state index in [4.69, 9.17) is 0 Å². The maximum absolute atomic E-state index is 14.0. The average molecular weight is 416 g/mol. The molecule has 3 heteroatoms. The maximum Gasteiger partial charge on any atom is 0.262 e. The topological polar surface area (TPSA) is 20.3 Å². The van der Waals surface area contributed by atoms with Gasteiger partial charge < -0.3 is 0 Å². The van der Waals surface area contributed by atoms with E-state index in [0.717, 1.165) is 26.7 Å². The fourth-order valence-corrected chi connectivity index (χ4v) is 4.73. The monoisotopic (exact) mass is 415 g/mol. The lowest BCUT2D eigenvalue weighted by molar-refractivity contribution is 0.0998. The number of amides is 1. The standard InChI is InChI=1S/C27H29NOS/c1-26(2,3)19-15-18(16-20(17-19)27(4,5)6)25(29)28-21-11-7-9-13-23(21)30-24-14-10-8-12-22(24)28/h7-17H,1-6H3. The summed E-state index contributed by atoms with van der Waals surface area (Å²) in [5.74, 6) is 0.0202. The number of anilines is 2. The Morgan fingerprint density at radius 2 is 1.13 bits per heavy atom. The molecule has 0 bridgehead atoms. The highest BCUT2D eigenvalue weighted by molar-refractivity contribution is 7.99. The van der Waals surface area contributed by atoms with Crippen LogP contribution in [0.2, 0.25) is 0 Å². The molecule has 3 aromatic carbocycles. The van der Waals surface area contributed by atoms with E-state index in [2.05, 4.69) is 71.9 Å². The lowest BCUT2D eigenvalue weighted by Gasteiger charge is -2.32. The van der Waals surface area contributed by atoms with Crippen molar-refractivity contribution in [1.82, 2.24) is 0 Å². The van der Waals surface area contributed by atoms with Crippen LogP contribution in [0.25, 0.3) is 0 Å². The quantitative estimate of drug-likeness (QED) is 0.405. The summed E-state index contributed by atoms with van der Waals surface area (Å²) >= 11 is 1.72. The first-order valence-corrected chi connectivity index (χ1v) is 11.2. The molecule has 1 heterocycles. The molecule has 4 rings (SSSR count). The van der Waals surface area contributed by atoms with Gasteiger partial charge in [-0.05, 0) is 58.4 Å². The van der Waals surface area contributed by atoms with Crippen LogP contribution in [-0.2, 0) is 10.8 Å². The van der Waals surface area contributed by atoms with E-state index in [-0.39, 0.29) is 16.7 Å². The van der Waals surface area contributed by atoms with Crippen LogP contribution >= 0.6 is 11.8 Å². The minimum atomic E-state index is -0.0378. The molecule has 0 radical (unpaired) electrons. The van der Waals surface area contributed by atoms with Gasteiger partial charge in [-0.3, -0.25) is 9.69 Å². The summed E-state index contributed by atoms with van der Waals surface area (Å²) in [4.78, 5) is 18.1. The van der Waals surface area contributed by atoms with Crippen molar-refractivity contribution in [2.45, 2.75) is 62.2 Å². The third-order valence-electron chi connectivity index (χ3n) is 5.55. The van der Waals surface area contributed by atoms with E-state index in [0.29, 0.717) is 0 Å². The summed E-state index contributed by atoms with van der Waals surface area (Å²) in [5.41, 5.74) is 4.93. The molecular formula is C27H29NOS. The van der Waals surface area contributed by atoms with Crippen LogP contribution in [0, 0.1) is 0 Å². The minimum absolute atomic E-state index is 0.0202. The van der Waals surface area contributed by atoms with Crippen molar-refractivity contribution in [1.29, 1.82) is 0 Å². The Balaban J connectivity index is 1.90. The van der Waals surface area contributed by atoms with Crippen molar-refractivity contribution < 1.29 is 4.79 Å². The van der Waals surface area contributed by atoms with E-state index < -0.39 is 0 Å². The van der Waals surface area contributed by atoms with Crippen LogP contribution < -0.4 is 4.90 Å². The Kier molecular flexibility index (Phi) is 5.06. The third kappa shape index (κ3) is 3.79. The van der Waals surface area contributed by atoms with E-state index in [9.17, 15) is 4.79 Å². The number of hydrogen-bond acceptors (Lipinski definition) is 2. The van der Waals surface area contributed by atoms with Crippen LogP contribution in [-0.4, -0.2) is 5.91 Å². The fraction of sp³-hybridized carbons (Fsp3) is 0.296. The van der Waals surface area contributed by atoms with Gasteiger partial charge in [0.1, 0.15) is 0 Å². The van der Waals surface area contributed by atoms with E-state index in [1.807, 2.05) is 41.3 Å². The molecule has 0 saturated carbocycles. The van der Waals surface area contributed by atoms with Gasteiger partial charge in [0.15, 0.2) is 0 Å². The zero-order valence-electron chi connectivity index (χ0n) is 18.6. The van der Waals surface area contributed by atoms with Gasteiger partial charge in [-0.2, -0.15) is 0 Å². The Hall–Kier alpha value is -2.52. The summed E-state index contributed by atoms with van der Waals surface area (Å²) in [7, 11) is 0. The van der Waals surface area contributed by atoms with Gasteiger partial charge in [0.2, 0.25) is 0 Å². The number of hydrogen-bond donors (Lipinski definition) is 0. The molecule has 2 nitrogen and oxygen atoms in total. The van der Waals surface area contributed by atoms with Crippen molar-refractivity contribution >= 4 is 29.0 Å². The number of fused-ring (bicyclic) bond motifs is 2. The first-order valence-electron chi connectivity index (χ1n) is 10.4. The van der Waals surface area contributed by atoms with Crippen LogP contribution in [0.4, 0.5) is 11.4 Å². The molecule has 30 heavy (non-hydrogen) atoms. The van der Waals surface area contributed by atoms with Gasteiger partial charge in [0.05, 0.1) is 11.4 Å². The zero-order chi connectivity index (χ0) is 21.7. The molecule has 0 saturated heterocycles. The van der Waals surface area contributed by atoms with Crippen molar-refractivity contribution in [3.05, 3.63) is 83.4 Å². The Bertz CT molecular complexity index is 1040. The summed E-state index contributed by atoms with van der Waals surface area (Å²) in [6, 6.07) is 22.7. The Labute approximate surface area is 184 Å². The number of para-hydroxylation sites is 2. The molecule has 154 valence electrons. The van der Waals surface area contributed by atoms with E-state index in [1.165, 1.54) is 11.1 Å². The predicted molar refractivity (Wildman–Crippen MR) is 127 cm³/mol. The van der Waals surface area contributed by atoms with Gasteiger partial charge in [-0.15, -0.1) is 0 Å². The SMILES string of the molecule is CC(C)(C)c1cc(C(=O)N2c3ccccc3Sc3ccccc32)cc(C(C)(C)C)c1. The normalized spacial score (nSPS) is 13.6. The van der Waals surface area contributed by atoms with Crippen molar-refractivity contribution in [3.63, 3.8) is 0 Å². The summed E-state index contributed by atoms with van der Waals surface area (Å²) < 4.78 is 0. The maximum atomic E-state index is 14.0. The molecule has 1 amide bonds. The zero-order valence-corrected chi connectivity index (χ0v) is 19.4. The molecule has 0 aromatic heterocycles. The molecule has 0 atom stereocenters. The lowest BCUT2D eigenvalue weighted by atomic mass is 9.79. The third-order valence-corrected chi connectivity index (χ3v) is 6.68. The second kappa shape index (κ2) is 7.31. The molecule has 3 aromatic rings. The highest BCUT2D eigenvalue weighted by atomic mass is 32.2. The second-order valence-electron chi connectivity index (χ2n) is 9.98. The largest absolute Gasteiger partial charge is 0.275 e. The Morgan fingerprint density at radius 3 is 1.57 bits per heavy atom. The first kappa shape index (κ1) is 20.7. The van der Waals surface area contributed by atoms with Crippen molar-refractivity contribution in [2.75, 3.05) is 4.90 Å². The average Bonchev–Trinajstić information content (AvgIpc) is 2.70. The number of rotatable bonds is 1. The molecule has 0 unspecified atom stereocenters. The van der Waals surface area contributed by atoms with Gasteiger partial charge in [0.25, 0.3) is 5.91 Å². The van der Waals surface area contributed by atoms with Gasteiger partial charge in [-0.25, -0.2) is 0 Å².